The molecule has 0 saturated carbocycles. The molecule has 3 nitrogen and oxygen atoms in total. The van der Waals surface area contributed by atoms with Crippen molar-refractivity contribution in [2.45, 2.75) is 0 Å². The summed E-state index contributed by atoms with van der Waals surface area (Å²) in [4.78, 5) is 11.2. The summed E-state index contributed by atoms with van der Waals surface area (Å²) >= 11 is 6.49. The Hall–Kier alpha value is -1.07. The number of H-pyrrole nitrogens is 1. The smallest absolute Gasteiger partial charge is 0.157 e. The summed E-state index contributed by atoms with van der Waals surface area (Å²) in [5, 5.41) is 1.92. The topological polar surface area (TPSA) is 41.6 Å². The summed E-state index contributed by atoms with van der Waals surface area (Å²) in [7, 11) is 0. The van der Waals surface area contributed by atoms with Gasteiger partial charge in [-0.1, -0.05) is 12.2 Å². The van der Waals surface area contributed by atoms with Crippen LogP contribution in [-0.4, -0.2) is 15.0 Å². The first-order valence-corrected chi connectivity index (χ1v) is 4.65. The molecule has 0 aliphatic carbocycles. The van der Waals surface area contributed by atoms with Crippen molar-refractivity contribution in [1.82, 2.24) is 15.0 Å². The Labute approximate surface area is 78.1 Å². The average molecular weight is 195 g/mol. The number of nitrogens with zero attached hydrogens (tertiary/aromatic N) is 2. The number of hydrogen-bond acceptors (Lipinski definition) is 4. The lowest BCUT2D eigenvalue weighted by molar-refractivity contribution is 1.14. The Morgan fingerprint density at radius 1 is 1.42 bits per heavy atom. The van der Waals surface area contributed by atoms with Gasteiger partial charge in [0.1, 0.15) is 10.3 Å². The van der Waals surface area contributed by atoms with Gasteiger partial charge in [-0.3, -0.25) is 0 Å². The van der Waals surface area contributed by atoms with Gasteiger partial charge in [0.15, 0.2) is 5.82 Å². The van der Waals surface area contributed by atoms with Crippen LogP contribution in [0.2, 0.25) is 0 Å². The SMILES string of the molecule is S=c1ccnc(-c2cscn2)[nH]1. The number of rotatable bonds is 1. The van der Waals surface area contributed by atoms with E-state index in [1.807, 2.05) is 5.38 Å². The van der Waals surface area contributed by atoms with Gasteiger partial charge < -0.3 is 4.98 Å². The Balaban J connectivity index is 2.55. The molecular formula is C7H5N3S2. The van der Waals surface area contributed by atoms with E-state index < -0.39 is 0 Å². The first-order chi connectivity index (χ1) is 5.86. The zero-order valence-corrected chi connectivity index (χ0v) is 7.65. The highest BCUT2D eigenvalue weighted by Crippen LogP contribution is 2.12. The van der Waals surface area contributed by atoms with Crippen LogP contribution in [0.3, 0.4) is 0 Å². The highest BCUT2D eigenvalue weighted by molar-refractivity contribution is 7.71. The fourth-order valence-corrected chi connectivity index (χ4v) is 1.52. The third kappa shape index (κ3) is 1.41. The van der Waals surface area contributed by atoms with Crippen molar-refractivity contribution in [2.75, 3.05) is 0 Å². The van der Waals surface area contributed by atoms with Crippen LogP contribution >= 0.6 is 23.6 Å². The molecule has 0 atom stereocenters. The fourth-order valence-electron chi connectivity index (χ4n) is 0.830. The minimum atomic E-state index is 0.674. The molecule has 0 bridgehead atoms. The molecule has 0 aliphatic heterocycles. The molecule has 1 N–H and O–H groups in total. The first-order valence-electron chi connectivity index (χ1n) is 3.30. The molecule has 12 heavy (non-hydrogen) atoms. The zero-order chi connectivity index (χ0) is 8.39. The second-order valence-electron chi connectivity index (χ2n) is 2.16. The lowest BCUT2D eigenvalue weighted by atomic mass is 10.4. The maximum Gasteiger partial charge on any atom is 0.157 e. The lowest BCUT2D eigenvalue weighted by Crippen LogP contribution is -1.87. The number of aromatic amines is 1. The number of nitrogens with one attached hydrogen (secondary N) is 1. The lowest BCUT2D eigenvalue weighted by Gasteiger charge is -1.93. The second kappa shape index (κ2) is 3.12. The van der Waals surface area contributed by atoms with E-state index in [0.717, 1.165) is 11.5 Å². The molecule has 2 heterocycles. The van der Waals surface area contributed by atoms with Gasteiger partial charge in [-0.05, 0) is 6.07 Å². The van der Waals surface area contributed by atoms with Crippen LogP contribution < -0.4 is 0 Å². The molecule has 60 valence electrons. The van der Waals surface area contributed by atoms with Gasteiger partial charge in [0.25, 0.3) is 0 Å². The second-order valence-corrected chi connectivity index (χ2v) is 3.31. The van der Waals surface area contributed by atoms with Gasteiger partial charge in [-0.25, -0.2) is 9.97 Å². The summed E-state index contributed by atoms with van der Waals surface area (Å²) < 4.78 is 0.674. The Morgan fingerprint density at radius 3 is 3.00 bits per heavy atom. The summed E-state index contributed by atoms with van der Waals surface area (Å²) in [6.07, 6.45) is 1.67. The number of hydrogen-bond donors (Lipinski definition) is 1. The molecule has 0 aliphatic rings. The van der Waals surface area contributed by atoms with Crippen molar-refractivity contribution in [2.24, 2.45) is 0 Å². The van der Waals surface area contributed by atoms with E-state index in [1.54, 1.807) is 17.8 Å². The maximum absolute atomic E-state index is 4.95. The highest BCUT2D eigenvalue weighted by atomic mass is 32.1. The van der Waals surface area contributed by atoms with Gasteiger partial charge in [-0.2, -0.15) is 0 Å². The molecular weight excluding hydrogens is 190 g/mol. The fraction of sp³-hybridized carbons (Fsp3) is 0. The van der Waals surface area contributed by atoms with Crippen molar-refractivity contribution in [3.05, 3.63) is 27.8 Å². The van der Waals surface area contributed by atoms with Gasteiger partial charge in [-0.15, -0.1) is 11.3 Å². The minimum Gasteiger partial charge on any atom is -0.329 e. The van der Waals surface area contributed by atoms with E-state index in [9.17, 15) is 0 Å². The number of thiazole rings is 1. The van der Waals surface area contributed by atoms with Crippen LogP contribution in [-0.2, 0) is 0 Å². The Morgan fingerprint density at radius 2 is 2.33 bits per heavy atom. The standard InChI is InChI=1S/C7H5N3S2/c11-6-1-2-8-7(10-6)5-3-12-4-9-5/h1-4H,(H,8,10,11). The van der Waals surface area contributed by atoms with E-state index in [0.29, 0.717) is 4.64 Å². The minimum absolute atomic E-state index is 0.674. The van der Waals surface area contributed by atoms with Crippen LogP contribution in [0.5, 0.6) is 0 Å². The van der Waals surface area contributed by atoms with Crippen LogP contribution in [0.4, 0.5) is 0 Å². The van der Waals surface area contributed by atoms with E-state index >= 15 is 0 Å². The van der Waals surface area contributed by atoms with Crippen molar-refractivity contribution in [1.29, 1.82) is 0 Å². The molecule has 2 aromatic heterocycles. The van der Waals surface area contributed by atoms with Crippen molar-refractivity contribution in [3.63, 3.8) is 0 Å². The monoisotopic (exact) mass is 195 g/mol. The molecule has 0 fully saturated rings. The van der Waals surface area contributed by atoms with Crippen molar-refractivity contribution in [3.8, 4) is 11.5 Å². The molecule has 0 saturated heterocycles. The molecule has 2 aromatic rings. The third-order valence-electron chi connectivity index (χ3n) is 1.35. The van der Waals surface area contributed by atoms with Crippen LogP contribution in [0, 0.1) is 4.64 Å². The van der Waals surface area contributed by atoms with Gasteiger partial charge in [0.05, 0.1) is 5.51 Å². The summed E-state index contributed by atoms with van der Waals surface area (Å²) in [6.45, 7) is 0. The van der Waals surface area contributed by atoms with Crippen LogP contribution in [0.25, 0.3) is 11.5 Å². The molecule has 0 amide bonds. The molecule has 0 radical (unpaired) electrons. The summed E-state index contributed by atoms with van der Waals surface area (Å²) in [5.74, 6) is 0.726. The summed E-state index contributed by atoms with van der Waals surface area (Å²) in [5.41, 5.74) is 2.60. The van der Waals surface area contributed by atoms with Crippen molar-refractivity contribution >= 4 is 23.6 Å². The van der Waals surface area contributed by atoms with Gasteiger partial charge in [0, 0.05) is 11.6 Å². The Kier molecular flexibility index (Phi) is 1.97. The van der Waals surface area contributed by atoms with Crippen LogP contribution in [0.15, 0.2) is 23.2 Å². The highest BCUT2D eigenvalue weighted by Gasteiger charge is 1.98. The molecule has 5 heteroatoms. The first kappa shape index (κ1) is 7.57. The van der Waals surface area contributed by atoms with Gasteiger partial charge >= 0.3 is 0 Å². The number of aromatic nitrogens is 3. The largest absolute Gasteiger partial charge is 0.329 e. The maximum atomic E-state index is 4.95. The summed E-state index contributed by atoms with van der Waals surface area (Å²) in [6, 6.07) is 1.74. The van der Waals surface area contributed by atoms with E-state index in [1.165, 1.54) is 11.3 Å². The molecule has 2 rings (SSSR count). The van der Waals surface area contributed by atoms with E-state index in [4.69, 9.17) is 12.2 Å². The zero-order valence-electron chi connectivity index (χ0n) is 6.02. The van der Waals surface area contributed by atoms with Crippen LogP contribution in [0.1, 0.15) is 0 Å². The Bertz CT molecular complexity index is 418. The molecule has 0 unspecified atom stereocenters. The predicted octanol–water partition coefficient (Wildman–Crippen LogP) is 2.26. The van der Waals surface area contributed by atoms with Crippen molar-refractivity contribution < 1.29 is 0 Å². The van der Waals surface area contributed by atoms with Gasteiger partial charge in [0.2, 0.25) is 0 Å². The average Bonchev–Trinajstić information content (AvgIpc) is 2.56. The third-order valence-corrected chi connectivity index (χ3v) is 2.17. The quantitative estimate of drug-likeness (QED) is 0.710. The normalized spacial score (nSPS) is 10.0. The molecule has 0 aromatic carbocycles. The van der Waals surface area contributed by atoms with E-state index in [-0.39, 0.29) is 0 Å². The van der Waals surface area contributed by atoms with E-state index in [2.05, 4.69) is 15.0 Å². The predicted molar refractivity (Wildman–Crippen MR) is 50.5 cm³/mol. The molecule has 0 spiro atoms.